The fourth-order valence-electron chi connectivity index (χ4n) is 3.26. The van der Waals surface area contributed by atoms with Gasteiger partial charge in [-0.05, 0) is 13.0 Å². The molecule has 4 heterocycles. The molecular formula is C16H21N7. The van der Waals surface area contributed by atoms with Gasteiger partial charge < -0.3 is 14.5 Å². The summed E-state index contributed by atoms with van der Waals surface area (Å²) in [6.45, 7) is 6.09. The Balaban J connectivity index is 1.51. The lowest BCUT2D eigenvalue weighted by atomic mass is 10.1. The van der Waals surface area contributed by atoms with E-state index in [4.69, 9.17) is 0 Å². The maximum atomic E-state index is 4.51. The molecule has 0 radical (unpaired) electrons. The molecule has 0 aromatic carbocycles. The number of imidazole rings is 1. The Kier molecular flexibility index (Phi) is 3.49. The van der Waals surface area contributed by atoms with Gasteiger partial charge in [-0.25, -0.2) is 15.0 Å². The summed E-state index contributed by atoms with van der Waals surface area (Å²) in [5.41, 5.74) is 0.901. The second kappa shape index (κ2) is 5.66. The molecule has 3 aromatic heterocycles. The lowest BCUT2D eigenvalue weighted by Gasteiger charge is -2.40. The highest BCUT2D eigenvalue weighted by atomic mass is 15.3. The summed E-state index contributed by atoms with van der Waals surface area (Å²) in [5, 5.41) is 1.09. The van der Waals surface area contributed by atoms with E-state index in [9.17, 15) is 0 Å². The first kappa shape index (κ1) is 14.2. The quantitative estimate of drug-likeness (QED) is 0.792. The smallest absolute Gasteiger partial charge is 0.142 e. The highest BCUT2D eigenvalue weighted by Crippen LogP contribution is 2.24. The Morgan fingerprint density at radius 2 is 2.17 bits per heavy atom. The third-order valence-corrected chi connectivity index (χ3v) is 4.66. The third kappa shape index (κ3) is 2.57. The Morgan fingerprint density at radius 1 is 1.26 bits per heavy atom. The second-order valence-corrected chi connectivity index (χ2v) is 6.16. The monoisotopic (exact) mass is 311 g/mol. The molecule has 1 unspecified atom stereocenters. The molecule has 0 bridgehead atoms. The van der Waals surface area contributed by atoms with Crippen molar-refractivity contribution in [3.05, 3.63) is 36.8 Å². The van der Waals surface area contributed by atoms with Crippen LogP contribution < -0.4 is 4.90 Å². The summed E-state index contributed by atoms with van der Waals surface area (Å²) in [6.07, 6.45) is 7.42. The van der Waals surface area contributed by atoms with Crippen molar-refractivity contribution < 1.29 is 0 Å². The molecule has 1 fully saturated rings. The van der Waals surface area contributed by atoms with Crippen LogP contribution in [0.5, 0.6) is 0 Å². The van der Waals surface area contributed by atoms with Gasteiger partial charge in [0, 0.05) is 51.3 Å². The predicted octanol–water partition coefficient (Wildman–Crippen LogP) is 1.40. The van der Waals surface area contributed by atoms with Crippen molar-refractivity contribution in [2.24, 2.45) is 7.05 Å². The van der Waals surface area contributed by atoms with Gasteiger partial charge in [-0.2, -0.15) is 0 Å². The maximum absolute atomic E-state index is 4.51. The van der Waals surface area contributed by atoms with Crippen LogP contribution in [-0.2, 0) is 13.6 Å². The minimum absolute atomic E-state index is 0.449. The second-order valence-electron chi connectivity index (χ2n) is 6.16. The van der Waals surface area contributed by atoms with Gasteiger partial charge in [0.2, 0.25) is 0 Å². The van der Waals surface area contributed by atoms with Crippen molar-refractivity contribution in [2.45, 2.75) is 19.5 Å². The van der Waals surface area contributed by atoms with E-state index in [1.807, 2.05) is 25.6 Å². The molecule has 23 heavy (non-hydrogen) atoms. The van der Waals surface area contributed by atoms with E-state index >= 15 is 0 Å². The zero-order valence-corrected chi connectivity index (χ0v) is 13.5. The van der Waals surface area contributed by atoms with Gasteiger partial charge in [0.05, 0.1) is 11.9 Å². The van der Waals surface area contributed by atoms with E-state index in [-0.39, 0.29) is 0 Å². The van der Waals surface area contributed by atoms with Gasteiger partial charge in [0.1, 0.15) is 23.6 Å². The highest BCUT2D eigenvalue weighted by molar-refractivity contribution is 5.87. The first-order chi connectivity index (χ1) is 11.2. The Hall–Kier alpha value is -2.41. The van der Waals surface area contributed by atoms with Gasteiger partial charge >= 0.3 is 0 Å². The lowest BCUT2D eigenvalue weighted by molar-refractivity contribution is 0.175. The Labute approximate surface area is 135 Å². The number of nitrogens with one attached hydrogen (secondary N) is 1. The van der Waals surface area contributed by atoms with Gasteiger partial charge in [-0.3, -0.25) is 4.90 Å². The van der Waals surface area contributed by atoms with E-state index in [1.165, 1.54) is 0 Å². The Morgan fingerprint density at radius 3 is 2.96 bits per heavy atom. The van der Waals surface area contributed by atoms with Crippen molar-refractivity contribution in [1.29, 1.82) is 0 Å². The van der Waals surface area contributed by atoms with Gasteiger partial charge in [0.25, 0.3) is 0 Å². The van der Waals surface area contributed by atoms with Crippen LogP contribution in [0.25, 0.3) is 11.0 Å². The zero-order valence-electron chi connectivity index (χ0n) is 13.5. The zero-order chi connectivity index (χ0) is 15.8. The third-order valence-electron chi connectivity index (χ3n) is 4.66. The molecule has 3 aromatic rings. The van der Waals surface area contributed by atoms with Crippen molar-refractivity contribution in [2.75, 3.05) is 24.5 Å². The average Bonchev–Trinajstić information content (AvgIpc) is 3.18. The SMILES string of the molecule is CC1CN(c2ncnc3[nH]ccc23)CCN1Cc1nccn1C. The van der Waals surface area contributed by atoms with Crippen LogP contribution >= 0.6 is 0 Å². The largest absolute Gasteiger partial charge is 0.353 e. The van der Waals surface area contributed by atoms with Gasteiger partial charge in [0.15, 0.2) is 0 Å². The van der Waals surface area contributed by atoms with Gasteiger partial charge in [-0.1, -0.05) is 0 Å². The summed E-state index contributed by atoms with van der Waals surface area (Å²) >= 11 is 0. The number of nitrogens with zero attached hydrogens (tertiary/aromatic N) is 6. The van der Waals surface area contributed by atoms with E-state index in [1.54, 1.807) is 6.33 Å². The molecule has 1 atom stereocenters. The number of rotatable bonds is 3. The van der Waals surface area contributed by atoms with Crippen LogP contribution in [0.1, 0.15) is 12.7 Å². The topological polar surface area (TPSA) is 65.9 Å². The van der Waals surface area contributed by atoms with Crippen LogP contribution in [0.3, 0.4) is 0 Å². The molecule has 0 aliphatic carbocycles. The average molecular weight is 311 g/mol. The number of H-pyrrole nitrogens is 1. The van der Waals surface area contributed by atoms with E-state index in [0.717, 1.165) is 48.9 Å². The first-order valence-electron chi connectivity index (χ1n) is 7.95. The molecule has 1 aliphatic rings. The molecule has 1 saturated heterocycles. The molecule has 0 amide bonds. The normalized spacial score (nSPS) is 19.6. The van der Waals surface area contributed by atoms with Crippen molar-refractivity contribution in [3.63, 3.8) is 0 Å². The number of piperazine rings is 1. The van der Waals surface area contributed by atoms with Crippen LogP contribution in [0.15, 0.2) is 31.0 Å². The number of hydrogen-bond acceptors (Lipinski definition) is 5. The van der Waals surface area contributed by atoms with Crippen LogP contribution in [0.2, 0.25) is 0 Å². The summed E-state index contributed by atoms with van der Waals surface area (Å²) < 4.78 is 2.09. The van der Waals surface area contributed by atoms with Gasteiger partial charge in [-0.15, -0.1) is 0 Å². The maximum Gasteiger partial charge on any atom is 0.142 e. The summed E-state index contributed by atoms with van der Waals surface area (Å²) in [6, 6.07) is 2.50. The molecule has 7 heteroatoms. The van der Waals surface area contributed by atoms with Crippen LogP contribution in [-0.4, -0.2) is 55.1 Å². The molecule has 120 valence electrons. The number of aromatic nitrogens is 5. The van der Waals surface area contributed by atoms with Crippen LogP contribution in [0, 0.1) is 0 Å². The van der Waals surface area contributed by atoms with Crippen molar-refractivity contribution in [1.82, 2.24) is 29.4 Å². The minimum atomic E-state index is 0.449. The van der Waals surface area contributed by atoms with E-state index in [0.29, 0.717) is 6.04 Å². The predicted molar refractivity (Wildman–Crippen MR) is 89.2 cm³/mol. The minimum Gasteiger partial charge on any atom is -0.353 e. The molecule has 0 saturated carbocycles. The molecule has 7 nitrogen and oxygen atoms in total. The lowest BCUT2D eigenvalue weighted by Crippen LogP contribution is -2.52. The van der Waals surface area contributed by atoms with Crippen molar-refractivity contribution in [3.8, 4) is 0 Å². The molecule has 4 rings (SSSR count). The number of aromatic amines is 1. The highest BCUT2D eigenvalue weighted by Gasteiger charge is 2.26. The molecular weight excluding hydrogens is 290 g/mol. The van der Waals surface area contributed by atoms with E-state index < -0.39 is 0 Å². The number of anilines is 1. The fraction of sp³-hybridized carbons (Fsp3) is 0.438. The molecule has 0 spiro atoms. The van der Waals surface area contributed by atoms with E-state index in [2.05, 4.69) is 47.3 Å². The van der Waals surface area contributed by atoms with Crippen LogP contribution in [0.4, 0.5) is 5.82 Å². The first-order valence-corrected chi connectivity index (χ1v) is 7.95. The standard InChI is InChI=1S/C16H21N7/c1-12-9-23(16-13-3-4-18-15(13)19-11-20-16)8-7-22(12)10-14-17-5-6-21(14)2/h3-6,11-12H,7-10H2,1-2H3,(H,18,19,20). The molecule has 1 aliphatic heterocycles. The number of aryl methyl sites for hydroxylation is 1. The summed E-state index contributed by atoms with van der Waals surface area (Å²) in [7, 11) is 2.05. The fourth-order valence-corrected chi connectivity index (χ4v) is 3.26. The number of fused-ring (bicyclic) bond motifs is 1. The number of hydrogen-bond donors (Lipinski definition) is 1. The summed E-state index contributed by atoms with van der Waals surface area (Å²) in [5.74, 6) is 2.14. The Bertz CT molecular complexity index is 805. The summed E-state index contributed by atoms with van der Waals surface area (Å²) in [4.78, 5) is 21.2. The molecule has 1 N–H and O–H groups in total. The van der Waals surface area contributed by atoms with Crippen molar-refractivity contribution >= 4 is 16.9 Å².